The molecule has 4 rings (SSSR count). The van der Waals surface area contributed by atoms with Crippen molar-refractivity contribution in [1.82, 2.24) is 14.5 Å². The lowest BCUT2D eigenvalue weighted by molar-refractivity contribution is 0.341. The van der Waals surface area contributed by atoms with Crippen molar-refractivity contribution >= 4 is 15.7 Å². The van der Waals surface area contributed by atoms with Crippen LogP contribution in [0.5, 0.6) is 17.4 Å². The molecule has 0 unspecified atom stereocenters. The molecule has 0 aliphatic carbocycles. The molecule has 0 aliphatic heterocycles. The zero-order valence-electron chi connectivity index (χ0n) is 17.4. The van der Waals surface area contributed by atoms with E-state index in [0.29, 0.717) is 34.7 Å². The minimum atomic E-state index is -3.55. The standard InChI is InChI=1S/C23H22N4O4S/c1-18-24-22(27-13-5-6-14-27)17-23(25-18)31-21-11-9-19(10-12-21)26-32(28,29)16-15-30-20-7-3-2-4-8-20/h2-14,17,26H,15-16H2,1H3. The van der Waals surface area contributed by atoms with E-state index in [-0.39, 0.29) is 12.4 Å². The van der Waals surface area contributed by atoms with Gasteiger partial charge >= 0.3 is 0 Å². The van der Waals surface area contributed by atoms with Gasteiger partial charge in [-0.05, 0) is 55.5 Å². The Morgan fingerprint density at radius 3 is 2.34 bits per heavy atom. The molecular weight excluding hydrogens is 428 g/mol. The second-order valence-corrected chi connectivity index (χ2v) is 8.75. The normalized spacial score (nSPS) is 11.2. The second kappa shape index (κ2) is 9.52. The van der Waals surface area contributed by atoms with Crippen LogP contribution < -0.4 is 14.2 Å². The van der Waals surface area contributed by atoms with Crippen molar-refractivity contribution in [3.63, 3.8) is 0 Å². The fraction of sp³-hybridized carbons (Fsp3) is 0.130. The van der Waals surface area contributed by atoms with Gasteiger partial charge in [-0.3, -0.25) is 4.72 Å². The largest absolute Gasteiger partial charge is 0.492 e. The zero-order valence-corrected chi connectivity index (χ0v) is 18.2. The van der Waals surface area contributed by atoms with Crippen LogP contribution in [0.1, 0.15) is 5.82 Å². The van der Waals surface area contributed by atoms with Crippen molar-refractivity contribution in [2.24, 2.45) is 0 Å². The summed E-state index contributed by atoms with van der Waals surface area (Å²) in [6.07, 6.45) is 3.77. The summed E-state index contributed by atoms with van der Waals surface area (Å²) in [7, 11) is -3.55. The van der Waals surface area contributed by atoms with Crippen LogP contribution >= 0.6 is 0 Å². The fourth-order valence-electron chi connectivity index (χ4n) is 2.93. The van der Waals surface area contributed by atoms with Crippen LogP contribution in [0, 0.1) is 6.92 Å². The number of benzene rings is 2. The van der Waals surface area contributed by atoms with Gasteiger partial charge in [0.05, 0.1) is 0 Å². The summed E-state index contributed by atoms with van der Waals surface area (Å²) in [5, 5.41) is 0. The third-order valence-electron chi connectivity index (χ3n) is 4.38. The van der Waals surface area contributed by atoms with Crippen molar-refractivity contribution in [3.8, 4) is 23.2 Å². The highest BCUT2D eigenvalue weighted by atomic mass is 32.2. The van der Waals surface area contributed by atoms with E-state index in [0.717, 1.165) is 0 Å². The molecule has 0 aliphatic rings. The molecule has 4 aromatic rings. The maximum absolute atomic E-state index is 12.3. The summed E-state index contributed by atoms with van der Waals surface area (Å²) in [6.45, 7) is 1.84. The lowest BCUT2D eigenvalue weighted by Gasteiger charge is -2.11. The predicted octanol–water partition coefficient (Wildman–Crippen LogP) is 4.19. The first-order valence-corrected chi connectivity index (χ1v) is 11.6. The smallest absolute Gasteiger partial charge is 0.236 e. The number of rotatable bonds is 9. The lowest BCUT2D eigenvalue weighted by Crippen LogP contribution is -2.21. The first-order chi connectivity index (χ1) is 15.5. The van der Waals surface area contributed by atoms with Crippen LogP contribution in [0.3, 0.4) is 0 Å². The molecule has 164 valence electrons. The van der Waals surface area contributed by atoms with Crippen molar-refractivity contribution in [3.05, 3.63) is 91.0 Å². The Morgan fingerprint density at radius 1 is 0.906 bits per heavy atom. The molecule has 2 aromatic heterocycles. The maximum atomic E-state index is 12.3. The minimum Gasteiger partial charge on any atom is -0.492 e. The third kappa shape index (κ3) is 5.86. The first-order valence-electron chi connectivity index (χ1n) is 9.92. The number of hydrogen-bond donors (Lipinski definition) is 1. The van der Waals surface area contributed by atoms with Crippen molar-refractivity contribution < 1.29 is 17.9 Å². The van der Waals surface area contributed by atoms with Crippen LogP contribution in [0.15, 0.2) is 85.2 Å². The number of sulfonamides is 1. The molecule has 1 N–H and O–H groups in total. The topological polar surface area (TPSA) is 95.3 Å². The molecule has 9 heteroatoms. The molecule has 32 heavy (non-hydrogen) atoms. The van der Waals surface area contributed by atoms with E-state index in [4.69, 9.17) is 9.47 Å². The van der Waals surface area contributed by atoms with Crippen LogP contribution in [0.4, 0.5) is 5.69 Å². The summed E-state index contributed by atoms with van der Waals surface area (Å²) >= 11 is 0. The van der Waals surface area contributed by atoms with Gasteiger partial charge < -0.3 is 14.0 Å². The molecule has 0 fully saturated rings. The molecule has 0 saturated heterocycles. The van der Waals surface area contributed by atoms with E-state index in [2.05, 4.69) is 14.7 Å². The number of ether oxygens (including phenoxy) is 2. The van der Waals surface area contributed by atoms with E-state index in [9.17, 15) is 8.42 Å². The van der Waals surface area contributed by atoms with Gasteiger partial charge in [0.2, 0.25) is 15.9 Å². The molecule has 0 saturated carbocycles. The second-order valence-electron chi connectivity index (χ2n) is 6.91. The Kier molecular flexibility index (Phi) is 6.37. The minimum absolute atomic E-state index is 0.0529. The van der Waals surface area contributed by atoms with E-state index >= 15 is 0 Å². The van der Waals surface area contributed by atoms with E-state index in [1.165, 1.54) is 0 Å². The molecular formula is C23H22N4O4S. The van der Waals surface area contributed by atoms with Crippen LogP contribution in [-0.4, -0.2) is 35.3 Å². The molecule has 0 radical (unpaired) electrons. The monoisotopic (exact) mass is 450 g/mol. The molecule has 2 aromatic carbocycles. The van der Waals surface area contributed by atoms with Crippen molar-refractivity contribution in [2.75, 3.05) is 17.1 Å². The van der Waals surface area contributed by atoms with Crippen molar-refractivity contribution in [2.45, 2.75) is 6.92 Å². The third-order valence-corrected chi connectivity index (χ3v) is 5.63. The average Bonchev–Trinajstić information content (AvgIpc) is 3.30. The van der Waals surface area contributed by atoms with Gasteiger partial charge in [-0.1, -0.05) is 18.2 Å². The molecule has 8 nitrogen and oxygen atoms in total. The number of hydrogen-bond acceptors (Lipinski definition) is 6. The summed E-state index contributed by atoms with van der Waals surface area (Å²) in [5.41, 5.74) is 0.434. The van der Waals surface area contributed by atoms with Crippen LogP contribution in [0.25, 0.3) is 5.82 Å². The number of anilines is 1. The number of nitrogens with zero attached hydrogens (tertiary/aromatic N) is 3. The number of para-hydroxylation sites is 1. The summed E-state index contributed by atoms with van der Waals surface area (Å²) in [5.74, 6) is 2.66. The molecule has 0 atom stereocenters. The van der Waals surface area contributed by atoms with Gasteiger partial charge in [-0.2, -0.15) is 4.98 Å². The van der Waals surface area contributed by atoms with Gasteiger partial charge in [0.25, 0.3) is 0 Å². The first kappa shape index (κ1) is 21.4. The van der Waals surface area contributed by atoms with E-state index in [1.54, 1.807) is 49.4 Å². The Balaban J connectivity index is 1.36. The molecule has 0 amide bonds. The quantitative estimate of drug-likeness (QED) is 0.411. The van der Waals surface area contributed by atoms with Gasteiger partial charge in [-0.15, -0.1) is 0 Å². The van der Waals surface area contributed by atoms with Gasteiger partial charge in [-0.25, -0.2) is 13.4 Å². The fourth-order valence-corrected chi connectivity index (χ4v) is 3.83. The molecule has 0 spiro atoms. The summed E-state index contributed by atoms with van der Waals surface area (Å²) in [4.78, 5) is 8.71. The van der Waals surface area contributed by atoms with Gasteiger partial charge in [0.15, 0.2) is 0 Å². The Hall–Kier alpha value is -3.85. The molecule has 2 heterocycles. The summed E-state index contributed by atoms with van der Waals surface area (Å²) < 4.78 is 40.3. The highest BCUT2D eigenvalue weighted by molar-refractivity contribution is 7.92. The molecule has 0 bridgehead atoms. The summed E-state index contributed by atoms with van der Waals surface area (Å²) in [6, 6.07) is 21.2. The number of aryl methyl sites for hydroxylation is 1. The number of aromatic nitrogens is 3. The zero-order chi connectivity index (χ0) is 22.4. The van der Waals surface area contributed by atoms with Crippen LogP contribution in [0.2, 0.25) is 0 Å². The Morgan fingerprint density at radius 2 is 1.62 bits per heavy atom. The average molecular weight is 451 g/mol. The SMILES string of the molecule is Cc1nc(Oc2ccc(NS(=O)(=O)CCOc3ccccc3)cc2)cc(-n2cccc2)n1. The Labute approximate surface area is 186 Å². The lowest BCUT2D eigenvalue weighted by atomic mass is 10.3. The highest BCUT2D eigenvalue weighted by Gasteiger charge is 2.12. The van der Waals surface area contributed by atoms with Crippen molar-refractivity contribution in [1.29, 1.82) is 0 Å². The Bertz CT molecular complexity index is 1260. The number of nitrogens with one attached hydrogen (secondary N) is 1. The van der Waals surface area contributed by atoms with E-state index < -0.39 is 10.0 Å². The predicted molar refractivity (Wildman–Crippen MR) is 122 cm³/mol. The van der Waals surface area contributed by atoms with Gasteiger partial charge in [0.1, 0.15) is 35.5 Å². The highest BCUT2D eigenvalue weighted by Crippen LogP contribution is 2.23. The van der Waals surface area contributed by atoms with E-state index in [1.807, 2.05) is 47.3 Å². The maximum Gasteiger partial charge on any atom is 0.236 e. The van der Waals surface area contributed by atoms with Crippen LogP contribution in [-0.2, 0) is 10.0 Å². The van der Waals surface area contributed by atoms with Gasteiger partial charge in [0, 0.05) is 24.1 Å².